The highest BCUT2D eigenvalue weighted by Crippen LogP contribution is 2.31. The molecule has 1 aliphatic heterocycles. The number of anilines is 1. The summed E-state index contributed by atoms with van der Waals surface area (Å²) in [5.74, 6) is -1.25. The summed E-state index contributed by atoms with van der Waals surface area (Å²) in [6, 6.07) is 12.4. The summed E-state index contributed by atoms with van der Waals surface area (Å²) in [5, 5.41) is 10.3. The average Bonchev–Trinajstić information content (AvgIpc) is 2.83. The summed E-state index contributed by atoms with van der Waals surface area (Å²) in [7, 11) is 0. The zero-order valence-electron chi connectivity index (χ0n) is 19.4. The molecule has 0 aliphatic carbocycles. The van der Waals surface area contributed by atoms with Crippen LogP contribution in [0.2, 0.25) is 0 Å². The van der Waals surface area contributed by atoms with Gasteiger partial charge in [0.15, 0.2) is 5.78 Å². The molecule has 0 spiro atoms. The first-order valence-electron chi connectivity index (χ1n) is 11.4. The molecule has 0 bridgehead atoms. The molecule has 2 unspecified atom stereocenters. The van der Waals surface area contributed by atoms with Crippen molar-refractivity contribution in [3.63, 3.8) is 0 Å². The van der Waals surface area contributed by atoms with Gasteiger partial charge in [0.25, 0.3) is 5.56 Å². The predicted octanol–water partition coefficient (Wildman–Crippen LogP) is 0.859. The zero-order valence-corrected chi connectivity index (χ0v) is 19.4. The van der Waals surface area contributed by atoms with E-state index in [1.807, 2.05) is 24.3 Å². The van der Waals surface area contributed by atoms with Gasteiger partial charge in [-0.25, -0.2) is 9.18 Å². The minimum absolute atomic E-state index is 0.0350. The number of nitrogens with zero attached hydrogens (tertiary/aromatic N) is 3. The smallest absolute Gasteiger partial charge is 0.332 e. The van der Waals surface area contributed by atoms with E-state index < -0.39 is 35.1 Å². The van der Waals surface area contributed by atoms with Crippen LogP contribution in [0, 0.1) is 5.82 Å². The number of aliphatic hydroxyl groups is 1. The number of carbonyl (C=O) groups is 1. The van der Waals surface area contributed by atoms with Crippen LogP contribution in [0.5, 0.6) is 0 Å². The lowest BCUT2D eigenvalue weighted by atomic mass is 9.91. The molecule has 0 saturated heterocycles. The fourth-order valence-corrected chi connectivity index (χ4v) is 4.67. The van der Waals surface area contributed by atoms with E-state index in [4.69, 9.17) is 11.5 Å². The number of hydrogen-bond acceptors (Lipinski definition) is 7. The lowest BCUT2D eigenvalue weighted by Gasteiger charge is -2.38. The van der Waals surface area contributed by atoms with E-state index in [9.17, 15) is 23.9 Å². The Kier molecular flexibility index (Phi) is 6.97. The first-order valence-corrected chi connectivity index (χ1v) is 11.4. The molecule has 0 saturated carbocycles. The van der Waals surface area contributed by atoms with Crippen molar-refractivity contribution in [1.82, 2.24) is 14.0 Å². The molecule has 5 N–H and O–H groups in total. The van der Waals surface area contributed by atoms with E-state index in [1.165, 1.54) is 24.3 Å². The number of aromatic nitrogens is 2. The Hall–Kier alpha value is -3.60. The Labute approximate surface area is 201 Å². The number of halogens is 1. The molecule has 4 rings (SSSR count). The van der Waals surface area contributed by atoms with Gasteiger partial charge in [-0.15, -0.1) is 0 Å². The summed E-state index contributed by atoms with van der Waals surface area (Å²) < 4.78 is 15.4. The van der Waals surface area contributed by atoms with Crippen molar-refractivity contribution in [2.24, 2.45) is 5.73 Å². The second-order valence-corrected chi connectivity index (χ2v) is 8.58. The predicted molar refractivity (Wildman–Crippen MR) is 130 cm³/mol. The van der Waals surface area contributed by atoms with E-state index in [0.29, 0.717) is 18.5 Å². The molecule has 35 heavy (non-hydrogen) atoms. The number of hydrogen-bond donors (Lipinski definition) is 3. The number of fused-ring (bicyclic) bond motifs is 1. The van der Waals surface area contributed by atoms with Crippen molar-refractivity contribution in [1.29, 1.82) is 0 Å². The topological polar surface area (TPSA) is 137 Å². The number of nitrogens with two attached hydrogens (primary N) is 2. The fourth-order valence-electron chi connectivity index (χ4n) is 4.67. The van der Waals surface area contributed by atoms with Crippen LogP contribution in [0.3, 0.4) is 0 Å². The van der Waals surface area contributed by atoms with Crippen LogP contribution in [-0.4, -0.2) is 44.2 Å². The molecule has 9 nitrogen and oxygen atoms in total. The Balaban J connectivity index is 1.72. The molecule has 2 atom stereocenters. The zero-order chi connectivity index (χ0) is 25.3. The monoisotopic (exact) mass is 481 g/mol. The summed E-state index contributed by atoms with van der Waals surface area (Å²) in [6.07, 6.45) is -0.605. The molecule has 10 heteroatoms. The normalized spacial score (nSPS) is 16.6. The van der Waals surface area contributed by atoms with Crippen LogP contribution in [0.4, 0.5) is 10.2 Å². The Morgan fingerprint density at radius 3 is 2.49 bits per heavy atom. The average molecular weight is 482 g/mol. The Bertz CT molecular complexity index is 1360. The first kappa shape index (κ1) is 24.5. The standard InChI is InChI=1S/C25H28FN5O4/c1-2-30-24(34)20(22(27)31(25(30)35)13-15-7-9-17(26)10-8-15)19(32)14-29-12-11-16-5-3-4-6-18(16)21(29)23(28)33/h3-10,21,23,33H,2,11-14,27-28H2,1H3. The van der Waals surface area contributed by atoms with Gasteiger partial charge in [0.1, 0.15) is 23.4 Å². The van der Waals surface area contributed by atoms with E-state index in [-0.39, 0.29) is 31.0 Å². The molecule has 1 aromatic heterocycles. The summed E-state index contributed by atoms with van der Waals surface area (Å²) in [5.41, 5.74) is 12.8. The van der Waals surface area contributed by atoms with E-state index in [2.05, 4.69) is 0 Å². The van der Waals surface area contributed by atoms with Crippen LogP contribution in [0.25, 0.3) is 0 Å². The molecule has 2 aromatic carbocycles. The lowest BCUT2D eigenvalue weighted by molar-refractivity contribution is 0.0435. The molecule has 0 radical (unpaired) electrons. The number of ketones is 1. The van der Waals surface area contributed by atoms with Crippen molar-refractivity contribution in [3.8, 4) is 0 Å². The number of nitrogen functional groups attached to an aromatic ring is 1. The van der Waals surface area contributed by atoms with E-state index >= 15 is 0 Å². The fraction of sp³-hybridized carbons (Fsp3) is 0.320. The van der Waals surface area contributed by atoms with Crippen molar-refractivity contribution in [2.75, 3.05) is 18.8 Å². The summed E-state index contributed by atoms with van der Waals surface area (Å²) >= 11 is 0. The Morgan fingerprint density at radius 2 is 1.83 bits per heavy atom. The van der Waals surface area contributed by atoms with Crippen molar-refractivity contribution in [3.05, 3.63) is 97.4 Å². The van der Waals surface area contributed by atoms with Gasteiger partial charge < -0.3 is 16.6 Å². The second-order valence-electron chi connectivity index (χ2n) is 8.58. The third-order valence-corrected chi connectivity index (χ3v) is 6.42. The SMILES string of the molecule is CCn1c(=O)c(C(=O)CN2CCc3ccccc3C2C(N)O)c(N)n(Cc2ccc(F)cc2)c1=O. The summed E-state index contributed by atoms with van der Waals surface area (Å²) in [4.78, 5) is 41.2. The van der Waals surface area contributed by atoms with Crippen LogP contribution < -0.4 is 22.7 Å². The molecular formula is C25H28FN5O4. The third kappa shape index (κ3) is 4.68. The molecule has 2 heterocycles. The maximum atomic E-state index is 13.4. The van der Waals surface area contributed by atoms with E-state index in [1.54, 1.807) is 11.8 Å². The number of Topliss-reactive ketones (excluding diaryl/α,β-unsaturated/α-hetero) is 1. The van der Waals surface area contributed by atoms with Crippen LogP contribution in [0.15, 0.2) is 58.1 Å². The molecule has 1 aliphatic rings. The Morgan fingerprint density at radius 1 is 1.14 bits per heavy atom. The highest BCUT2D eigenvalue weighted by atomic mass is 19.1. The minimum atomic E-state index is -1.25. The largest absolute Gasteiger partial charge is 0.384 e. The third-order valence-electron chi connectivity index (χ3n) is 6.42. The van der Waals surface area contributed by atoms with Crippen LogP contribution in [-0.2, 0) is 19.5 Å². The quantitative estimate of drug-likeness (QED) is 0.336. The molecule has 3 aromatic rings. The number of carbonyl (C=O) groups excluding carboxylic acids is 1. The van der Waals surface area contributed by atoms with E-state index in [0.717, 1.165) is 20.3 Å². The summed E-state index contributed by atoms with van der Waals surface area (Å²) in [6.45, 7) is 1.86. The van der Waals surface area contributed by atoms with Crippen LogP contribution in [0.1, 0.15) is 40.0 Å². The molecular weight excluding hydrogens is 453 g/mol. The van der Waals surface area contributed by atoms with Gasteiger partial charge in [-0.05, 0) is 42.2 Å². The van der Waals surface area contributed by atoms with Gasteiger partial charge in [-0.1, -0.05) is 36.4 Å². The van der Waals surface area contributed by atoms with Gasteiger partial charge >= 0.3 is 5.69 Å². The van der Waals surface area contributed by atoms with Gasteiger partial charge in [-0.3, -0.25) is 23.6 Å². The molecule has 184 valence electrons. The first-order chi connectivity index (χ1) is 16.7. The maximum Gasteiger partial charge on any atom is 0.332 e. The number of rotatable bonds is 7. The molecule has 0 amide bonds. The number of benzene rings is 2. The highest BCUT2D eigenvalue weighted by Gasteiger charge is 2.33. The van der Waals surface area contributed by atoms with Crippen molar-refractivity contribution in [2.45, 2.75) is 38.7 Å². The van der Waals surface area contributed by atoms with Gasteiger partial charge in [0.2, 0.25) is 0 Å². The van der Waals surface area contributed by atoms with Gasteiger partial charge in [-0.2, -0.15) is 0 Å². The highest BCUT2D eigenvalue weighted by molar-refractivity contribution is 6.01. The lowest BCUT2D eigenvalue weighted by Crippen LogP contribution is -2.49. The molecule has 0 fully saturated rings. The maximum absolute atomic E-state index is 13.4. The van der Waals surface area contributed by atoms with Crippen molar-refractivity contribution >= 4 is 11.6 Å². The number of aliphatic hydroxyl groups excluding tert-OH is 1. The minimum Gasteiger partial charge on any atom is -0.384 e. The van der Waals surface area contributed by atoms with Crippen molar-refractivity contribution < 1.29 is 14.3 Å². The van der Waals surface area contributed by atoms with Gasteiger partial charge in [0.05, 0.1) is 19.1 Å². The van der Waals surface area contributed by atoms with Crippen LogP contribution >= 0.6 is 0 Å². The van der Waals surface area contributed by atoms with Gasteiger partial charge in [0, 0.05) is 13.1 Å². The second kappa shape index (κ2) is 9.95.